The molecule has 2 N–H and O–H groups in total. The van der Waals surface area contributed by atoms with Crippen LogP contribution in [0.4, 0.5) is 0 Å². The molecule has 0 unspecified atom stereocenters. The lowest BCUT2D eigenvalue weighted by atomic mass is 10.5. The lowest BCUT2D eigenvalue weighted by molar-refractivity contribution is 0.109. The first kappa shape index (κ1) is 35.6. The molecule has 15 heteroatoms. The molecule has 0 fully saturated rings. The number of phosphoric ester groups is 2. The Labute approximate surface area is 215 Å². The summed E-state index contributed by atoms with van der Waals surface area (Å²) < 4.78 is 51.0. The van der Waals surface area contributed by atoms with E-state index in [1.807, 2.05) is 0 Å². The first-order valence-corrected chi connectivity index (χ1v) is 14.8. The zero-order chi connectivity index (χ0) is 25.3. The van der Waals surface area contributed by atoms with Gasteiger partial charge in [-0.25, -0.2) is 9.13 Å². The second-order valence-corrected chi connectivity index (χ2v) is 10.4. The Morgan fingerprint density at radius 2 is 0.848 bits per heavy atom. The van der Waals surface area contributed by atoms with Crippen LogP contribution in [-0.2, 0) is 31.5 Å². The van der Waals surface area contributed by atoms with Gasteiger partial charge in [-0.2, -0.15) is 4.31 Å². The van der Waals surface area contributed by atoms with Crippen molar-refractivity contribution in [3.63, 3.8) is 0 Å². The predicted molar refractivity (Wildman–Crippen MR) is 131 cm³/mol. The van der Waals surface area contributed by atoms with Gasteiger partial charge in [0.25, 0.3) is 0 Å². The van der Waals surface area contributed by atoms with Crippen molar-refractivity contribution in [1.29, 1.82) is 0 Å². The minimum atomic E-state index is -4.19. The molecule has 0 atom stereocenters. The summed E-state index contributed by atoms with van der Waals surface area (Å²) in [5, 5.41) is 16.1. The normalized spacial score (nSPS) is 11.0. The number of alkyl halides is 4. The average molecular weight is 594 g/mol. The minimum absolute atomic E-state index is 0.00892. The summed E-state index contributed by atoms with van der Waals surface area (Å²) in [6.07, 6.45) is 1.60. The molecule has 33 heavy (non-hydrogen) atoms. The Balaban J connectivity index is 0. The van der Waals surface area contributed by atoms with E-state index in [4.69, 9.17) is 79.0 Å². The van der Waals surface area contributed by atoms with E-state index in [1.54, 1.807) is 0 Å². The topological polar surface area (TPSA) is 121 Å². The highest BCUT2D eigenvalue weighted by atomic mass is 35.5. The molecule has 0 amide bonds. The molecular weight excluding hydrogens is 564 g/mol. The summed E-state index contributed by atoms with van der Waals surface area (Å²) in [4.78, 5) is 0. The number of aliphatic hydroxyl groups is 2. The Bertz CT molecular complexity index is 593. The van der Waals surface area contributed by atoms with Gasteiger partial charge in [-0.1, -0.05) is 11.8 Å². The predicted octanol–water partition coefficient (Wildman–Crippen LogP) is 4.78. The zero-order valence-electron chi connectivity index (χ0n) is 18.1. The molecule has 0 heterocycles. The highest BCUT2D eigenvalue weighted by molar-refractivity contribution is 7.62. The van der Waals surface area contributed by atoms with Gasteiger partial charge in [0.05, 0.1) is 26.4 Å². The first-order valence-electron chi connectivity index (χ1n) is 9.77. The SMILES string of the molecule is O=P(OCCCCl)(OCCCCl)OP(=O)(OCCCCl)OCCCCl.OCC#CC#CCO. The second kappa shape index (κ2) is 25.5. The Kier molecular flexibility index (Phi) is 27.6. The second-order valence-electron chi connectivity index (χ2n) is 5.40. The van der Waals surface area contributed by atoms with Crippen LogP contribution in [0.2, 0.25) is 0 Å². The van der Waals surface area contributed by atoms with E-state index in [0.29, 0.717) is 25.7 Å². The Morgan fingerprint density at radius 3 is 1.06 bits per heavy atom. The van der Waals surface area contributed by atoms with Crippen molar-refractivity contribution in [2.24, 2.45) is 0 Å². The standard InChI is InChI=1S/C12H24Cl4O7P2.C6H6O2/c13-5-1-9-19-24(17,20-10-2-6-14)23-25(18,21-11-3-7-15)22-12-4-8-16;7-5-3-1-2-4-6-8/h1-12H2;7-8H,5-6H2. The molecule has 0 bridgehead atoms. The van der Waals surface area contributed by atoms with Crippen molar-refractivity contribution >= 4 is 62.0 Å². The Morgan fingerprint density at radius 1 is 0.576 bits per heavy atom. The van der Waals surface area contributed by atoms with Crippen LogP contribution in [0.15, 0.2) is 0 Å². The van der Waals surface area contributed by atoms with Gasteiger partial charge >= 0.3 is 15.6 Å². The average Bonchev–Trinajstić information content (AvgIpc) is 2.78. The number of phosphoric acid groups is 2. The monoisotopic (exact) mass is 592 g/mol. The van der Waals surface area contributed by atoms with Gasteiger partial charge < -0.3 is 10.2 Å². The highest BCUT2D eigenvalue weighted by Gasteiger charge is 2.40. The van der Waals surface area contributed by atoms with Gasteiger partial charge in [-0.15, -0.1) is 46.4 Å². The summed E-state index contributed by atoms with van der Waals surface area (Å²) >= 11 is 22.2. The molecule has 0 aromatic rings. The van der Waals surface area contributed by atoms with Crippen LogP contribution >= 0.6 is 62.0 Å². The van der Waals surface area contributed by atoms with Crippen molar-refractivity contribution < 1.29 is 41.7 Å². The maximum absolute atomic E-state index is 12.7. The summed E-state index contributed by atoms with van der Waals surface area (Å²) in [5.41, 5.74) is 0. The van der Waals surface area contributed by atoms with Gasteiger partial charge in [0.2, 0.25) is 0 Å². The van der Waals surface area contributed by atoms with E-state index >= 15 is 0 Å². The summed E-state index contributed by atoms with van der Waals surface area (Å²) in [7, 11) is -8.39. The highest BCUT2D eigenvalue weighted by Crippen LogP contribution is 2.66. The smallest absolute Gasteiger partial charge is 0.384 e. The molecule has 0 aliphatic heterocycles. The molecule has 9 nitrogen and oxygen atoms in total. The van der Waals surface area contributed by atoms with Crippen molar-refractivity contribution in [3.05, 3.63) is 0 Å². The number of halogens is 4. The molecule has 0 saturated heterocycles. The largest absolute Gasteiger partial charge is 0.483 e. The maximum Gasteiger partial charge on any atom is 0.483 e. The lowest BCUT2D eigenvalue weighted by Crippen LogP contribution is -2.07. The van der Waals surface area contributed by atoms with E-state index in [1.165, 1.54) is 0 Å². The minimum Gasteiger partial charge on any atom is -0.384 e. The molecule has 0 rings (SSSR count). The molecule has 0 radical (unpaired) electrons. The van der Waals surface area contributed by atoms with Gasteiger partial charge in [0.1, 0.15) is 13.2 Å². The molecule has 0 aliphatic carbocycles. The van der Waals surface area contributed by atoms with Crippen LogP contribution in [0.5, 0.6) is 0 Å². The first-order chi connectivity index (χ1) is 15.9. The van der Waals surface area contributed by atoms with E-state index in [2.05, 4.69) is 23.7 Å². The molecule has 0 spiro atoms. The number of aliphatic hydroxyl groups excluding tert-OH is 2. The van der Waals surface area contributed by atoms with Crippen molar-refractivity contribution in [2.75, 3.05) is 63.2 Å². The van der Waals surface area contributed by atoms with Crippen LogP contribution in [0.1, 0.15) is 25.7 Å². The molecule has 0 saturated carbocycles. The van der Waals surface area contributed by atoms with E-state index < -0.39 is 15.6 Å². The van der Waals surface area contributed by atoms with Gasteiger partial charge in [-0.05, 0) is 37.5 Å². The Hall–Kier alpha value is 0.460. The zero-order valence-corrected chi connectivity index (χ0v) is 22.9. The fourth-order valence-corrected chi connectivity index (χ4v) is 5.11. The van der Waals surface area contributed by atoms with Crippen LogP contribution < -0.4 is 0 Å². The third-order valence-corrected chi connectivity index (χ3v) is 7.37. The van der Waals surface area contributed by atoms with Crippen LogP contribution in [-0.4, -0.2) is 73.4 Å². The molecule has 0 aliphatic rings. The van der Waals surface area contributed by atoms with Crippen molar-refractivity contribution in [1.82, 2.24) is 0 Å². The van der Waals surface area contributed by atoms with Gasteiger partial charge in [0.15, 0.2) is 0 Å². The van der Waals surface area contributed by atoms with E-state index in [9.17, 15) is 9.13 Å². The summed E-state index contributed by atoms with van der Waals surface area (Å²) in [6, 6.07) is 0. The molecule has 0 aromatic carbocycles. The summed E-state index contributed by atoms with van der Waals surface area (Å²) in [5.74, 6) is 10.4. The van der Waals surface area contributed by atoms with Crippen molar-refractivity contribution in [3.8, 4) is 23.7 Å². The lowest BCUT2D eigenvalue weighted by Gasteiger charge is -2.23. The van der Waals surface area contributed by atoms with Gasteiger partial charge in [0, 0.05) is 23.5 Å². The van der Waals surface area contributed by atoms with Gasteiger partial charge in [-0.3, -0.25) is 18.1 Å². The fraction of sp³-hybridized carbons (Fsp3) is 0.778. The van der Waals surface area contributed by atoms with Crippen LogP contribution in [0.25, 0.3) is 0 Å². The molecule has 194 valence electrons. The molecule has 0 aromatic heterocycles. The molecular formula is C18H30Cl4O9P2. The summed E-state index contributed by atoms with van der Waals surface area (Å²) in [6.45, 7) is -0.397. The quantitative estimate of drug-likeness (QED) is 0.100. The van der Waals surface area contributed by atoms with Crippen LogP contribution in [0, 0.1) is 23.7 Å². The number of hydrogen-bond donors (Lipinski definition) is 2. The number of hydrogen-bond acceptors (Lipinski definition) is 9. The van der Waals surface area contributed by atoms with Crippen molar-refractivity contribution in [2.45, 2.75) is 25.7 Å². The third-order valence-electron chi connectivity index (χ3n) is 2.71. The fourth-order valence-electron chi connectivity index (χ4n) is 1.38. The number of rotatable bonds is 18. The maximum atomic E-state index is 12.7. The van der Waals surface area contributed by atoms with Crippen LogP contribution in [0.3, 0.4) is 0 Å². The van der Waals surface area contributed by atoms with E-state index in [0.717, 1.165) is 0 Å². The van der Waals surface area contributed by atoms with E-state index in [-0.39, 0.29) is 63.2 Å². The third kappa shape index (κ3) is 24.0.